The number of hydrogen-bond donors (Lipinski definition) is 1. The van der Waals surface area contributed by atoms with Crippen LogP contribution in [-0.2, 0) is 0 Å². The zero-order valence-corrected chi connectivity index (χ0v) is 6.70. The highest BCUT2D eigenvalue weighted by molar-refractivity contribution is 5.65. The number of allylic oxidation sites excluding steroid dienone is 1. The highest BCUT2D eigenvalue weighted by Crippen LogP contribution is 2.21. The van der Waals surface area contributed by atoms with Crippen molar-refractivity contribution in [1.82, 2.24) is 0 Å². The monoisotopic (exact) mass is 169 g/mol. The molecule has 0 atom stereocenters. The van der Waals surface area contributed by atoms with E-state index in [9.17, 15) is 8.78 Å². The number of halogens is 2. The van der Waals surface area contributed by atoms with Crippen LogP contribution in [0.15, 0.2) is 18.7 Å². The molecule has 64 valence electrons. The van der Waals surface area contributed by atoms with Crippen molar-refractivity contribution in [1.29, 1.82) is 0 Å². The average molecular weight is 169 g/mol. The summed E-state index contributed by atoms with van der Waals surface area (Å²) in [7, 11) is 0. The van der Waals surface area contributed by atoms with E-state index in [1.165, 1.54) is 6.07 Å². The summed E-state index contributed by atoms with van der Waals surface area (Å²) in [6.45, 7) is 5.10. The molecule has 3 heteroatoms. The number of benzene rings is 1. The van der Waals surface area contributed by atoms with E-state index in [4.69, 9.17) is 5.73 Å². The maximum Gasteiger partial charge on any atom is 0.166 e. The summed E-state index contributed by atoms with van der Waals surface area (Å²) in [5.41, 5.74) is 6.11. The zero-order chi connectivity index (χ0) is 9.30. The second kappa shape index (κ2) is 2.93. The first kappa shape index (κ1) is 8.71. The maximum absolute atomic E-state index is 12.9. The molecule has 0 saturated heterocycles. The van der Waals surface area contributed by atoms with Crippen LogP contribution in [0.1, 0.15) is 12.5 Å². The van der Waals surface area contributed by atoms with Gasteiger partial charge in [0.25, 0.3) is 0 Å². The molecule has 0 radical (unpaired) electrons. The highest BCUT2D eigenvalue weighted by atomic mass is 19.2. The van der Waals surface area contributed by atoms with Crippen LogP contribution in [0.2, 0.25) is 0 Å². The predicted molar refractivity (Wildman–Crippen MR) is 45.5 cm³/mol. The van der Waals surface area contributed by atoms with Gasteiger partial charge in [-0.25, -0.2) is 8.78 Å². The summed E-state index contributed by atoms with van der Waals surface area (Å²) < 4.78 is 25.6. The second-order valence-corrected chi connectivity index (χ2v) is 2.64. The van der Waals surface area contributed by atoms with Crippen molar-refractivity contribution >= 4 is 11.3 Å². The lowest BCUT2D eigenvalue weighted by atomic mass is 10.1. The van der Waals surface area contributed by atoms with Crippen LogP contribution in [-0.4, -0.2) is 0 Å². The first-order valence-electron chi connectivity index (χ1n) is 3.42. The van der Waals surface area contributed by atoms with Crippen LogP contribution >= 0.6 is 0 Å². The molecule has 0 amide bonds. The minimum atomic E-state index is -0.937. The lowest BCUT2D eigenvalue weighted by Crippen LogP contribution is -1.95. The van der Waals surface area contributed by atoms with E-state index >= 15 is 0 Å². The van der Waals surface area contributed by atoms with Crippen molar-refractivity contribution in [3.63, 3.8) is 0 Å². The van der Waals surface area contributed by atoms with Crippen molar-refractivity contribution in [2.45, 2.75) is 6.92 Å². The Balaban J connectivity index is 3.37. The van der Waals surface area contributed by atoms with E-state index < -0.39 is 11.6 Å². The molecular weight excluding hydrogens is 160 g/mol. The van der Waals surface area contributed by atoms with Crippen LogP contribution < -0.4 is 5.73 Å². The molecule has 0 fully saturated rings. The third-order valence-electron chi connectivity index (χ3n) is 1.51. The first-order chi connectivity index (χ1) is 5.52. The Morgan fingerprint density at radius 1 is 1.42 bits per heavy atom. The number of hydrogen-bond acceptors (Lipinski definition) is 1. The Labute approximate surface area is 69.5 Å². The number of nitrogen functional groups attached to an aromatic ring is 1. The van der Waals surface area contributed by atoms with Crippen LogP contribution in [0.4, 0.5) is 14.5 Å². The molecule has 1 aromatic rings. The van der Waals surface area contributed by atoms with Crippen LogP contribution in [0.25, 0.3) is 5.57 Å². The topological polar surface area (TPSA) is 26.0 Å². The van der Waals surface area contributed by atoms with Gasteiger partial charge in [-0.15, -0.1) is 0 Å². The molecule has 12 heavy (non-hydrogen) atoms. The quantitative estimate of drug-likeness (QED) is 0.642. The first-order valence-corrected chi connectivity index (χ1v) is 3.42. The average Bonchev–Trinajstić information content (AvgIpc) is 1.96. The normalized spacial score (nSPS) is 9.92. The Bertz CT molecular complexity index is 332. The van der Waals surface area contributed by atoms with E-state index in [2.05, 4.69) is 6.58 Å². The van der Waals surface area contributed by atoms with Gasteiger partial charge in [-0.1, -0.05) is 6.58 Å². The largest absolute Gasteiger partial charge is 0.399 e. The number of nitrogens with two attached hydrogens (primary N) is 1. The minimum Gasteiger partial charge on any atom is -0.399 e. The van der Waals surface area contributed by atoms with Gasteiger partial charge in [0.2, 0.25) is 0 Å². The summed E-state index contributed by atoms with van der Waals surface area (Å²) in [5, 5.41) is 0. The van der Waals surface area contributed by atoms with Gasteiger partial charge >= 0.3 is 0 Å². The maximum atomic E-state index is 12.9. The van der Waals surface area contributed by atoms with Gasteiger partial charge in [0.15, 0.2) is 11.6 Å². The van der Waals surface area contributed by atoms with Gasteiger partial charge in [0.05, 0.1) is 0 Å². The zero-order valence-electron chi connectivity index (χ0n) is 6.70. The second-order valence-electron chi connectivity index (χ2n) is 2.64. The molecule has 1 nitrogen and oxygen atoms in total. The molecule has 0 aliphatic carbocycles. The van der Waals surface area contributed by atoms with Crippen LogP contribution in [0.5, 0.6) is 0 Å². The fourth-order valence-electron chi connectivity index (χ4n) is 0.921. The molecule has 0 bridgehead atoms. The van der Waals surface area contributed by atoms with Crippen molar-refractivity contribution in [3.05, 3.63) is 35.9 Å². The van der Waals surface area contributed by atoms with Crippen molar-refractivity contribution in [2.75, 3.05) is 5.73 Å². The van der Waals surface area contributed by atoms with Gasteiger partial charge in [0.1, 0.15) is 0 Å². The molecule has 2 N–H and O–H groups in total. The molecule has 0 heterocycles. The Hall–Kier alpha value is -1.38. The molecular formula is C9H9F2N. The summed E-state index contributed by atoms with van der Waals surface area (Å²) in [6, 6.07) is 2.31. The van der Waals surface area contributed by atoms with E-state index in [1.807, 2.05) is 0 Å². The van der Waals surface area contributed by atoms with Crippen molar-refractivity contribution in [3.8, 4) is 0 Å². The standard InChI is InChI=1S/C9H9F2N/c1-5(2)7-3-6(12)4-8(10)9(7)11/h3-4H,1,12H2,2H3. The number of anilines is 1. The van der Waals surface area contributed by atoms with Gasteiger partial charge in [-0.2, -0.15) is 0 Å². The smallest absolute Gasteiger partial charge is 0.166 e. The van der Waals surface area contributed by atoms with E-state index in [0.29, 0.717) is 5.57 Å². The lowest BCUT2D eigenvalue weighted by molar-refractivity contribution is 0.507. The van der Waals surface area contributed by atoms with Gasteiger partial charge in [-0.05, 0) is 24.6 Å². The molecule has 0 aliphatic heterocycles. The van der Waals surface area contributed by atoms with E-state index in [1.54, 1.807) is 6.92 Å². The predicted octanol–water partition coefficient (Wildman–Crippen LogP) is 2.58. The molecule has 0 unspecified atom stereocenters. The molecule has 1 rings (SSSR count). The fourth-order valence-corrected chi connectivity index (χ4v) is 0.921. The molecule has 1 aromatic carbocycles. The summed E-state index contributed by atoms with van der Waals surface area (Å²) in [6.07, 6.45) is 0. The lowest BCUT2D eigenvalue weighted by Gasteiger charge is -2.03. The van der Waals surface area contributed by atoms with Gasteiger partial charge < -0.3 is 5.73 Å². The van der Waals surface area contributed by atoms with E-state index in [0.717, 1.165) is 6.07 Å². The third-order valence-corrected chi connectivity index (χ3v) is 1.51. The summed E-state index contributed by atoms with van der Waals surface area (Å²) in [5.74, 6) is -1.83. The third kappa shape index (κ3) is 1.44. The Morgan fingerprint density at radius 2 is 2.00 bits per heavy atom. The van der Waals surface area contributed by atoms with Gasteiger partial charge in [-0.3, -0.25) is 0 Å². The van der Waals surface area contributed by atoms with Crippen LogP contribution in [0.3, 0.4) is 0 Å². The van der Waals surface area contributed by atoms with E-state index in [-0.39, 0.29) is 11.3 Å². The summed E-state index contributed by atoms with van der Waals surface area (Å²) in [4.78, 5) is 0. The molecule has 0 aromatic heterocycles. The summed E-state index contributed by atoms with van der Waals surface area (Å²) >= 11 is 0. The van der Waals surface area contributed by atoms with Crippen molar-refractivity contribution in [2.24, 2.45) is 0 Å². The molecule has 0 spiro atoms. The SMILES string of the molecule is C=C(C)c1cc(N)cc(F)c1F. The highest BCUT2D eigenvalue weighted by Gasteiger charge is 2.09. The Kier molecular flexibility index (Phi) is 2.13. The Morgan fingerprint density at radius 3 is 2.50 bits per heavy atom. The van der Waals surface area contributed by atoms with Crippen molar-refractivity contribution < 1.29 is 8.78 Å². The van der Waals surface area contributed by atoms with Gasteiger partial charge in [0, 0.05) is 11.3 Å². The molecule has 0 aliphatic rings. The molecule has 0 saturated carbocycles. The number of rotatable bonds is 1. The van der Waals surface area contributed by atoms with Crippen LogP contribution in [0, 0.1) is 11.6 Å². The minimum absolute atomic E-state index is 0.132. The fraction of sp³-hybridized carbons (Fsp3) is 0.111.